The third kappa shape index (κ3) is 5.48. The van der Waals surface area contributed by atoms with Crippen molar-refractivity contribution < 1.29 is 22.4 Å². The van der Waals surface area contributed by atoms with Gasteiger partial charge in [0.1, 0.15) is 5.76 Å². The molecule has 0 aliphatic heterocycles. The van der Waals surface area contributed by atoms with Crippen LogP contribution in [0.25, 0.3) is 0 Å². The number of carbonyl (C=O) groups excluding carboxylic acids is 1. The second-order valence-electron chi connectivity index (χ2n) is 6.66. The van der Waals surface area contributed by atoms with E-state index in [1.165, 1.54) is 18.4 Å². The number of hydrogen-bond donors (Lipinski definition) is 1. The average molecular weight is 402 g/mol. The van der Waals surface area contributed by atoms with Gasteiger partial charge in [-0.3, -0.25) is 9.69 Å². The number of nitrogens with zero attached hydrogens (tertiary/aromatic N) is 1. The third-order valence-electron chi connectivity index (χ3n) is 4.53. The minimum Gasteiger partial charge on any atom is -0.468 e. The topological polar surface area (TPSA) is 45.5 Å². The second-order valence-corrected chi connectivity index (χ2v) is 6.66. The van der Waals surface area contributed by atoms with Crippen LogP contribution in [-0.4, -0.2) is 17.9 Å². The summed E-state index contributed by atoms with van der Waals surface area (Å²) in [6, 6.07) is 16.1. The van der Waals surface area contributed by atoms with Crippen molar-refractivity contribution in [3.05, 3.63) is 94.9 Å². The first-order chi connectivity index (χ1) is 13.9. The summed E-state index contributed by atoms with van der Waals surface area (Å²) < 4.78 is 45.5. The first kappa shape index (κ1) is 20.7. The lowest BCUT2D eigenvalue weighted by atomic mass is 10.1. The number of amides is 1. The lowest BCUT2D eigenvalue weighted by Crippen LogP contribution is -2.24. The highest BCUT2D eigenvalue weighted by atomic mass is 19.4. The van der Waals surface area contributed by atoms with Gasteiger partial charge in [-0.05, 0) is 41.5 Å². The van der Waals surface area contributed by atoms with E-state index in [9.17, 15) is 18.0 Å². The molecule has 152 valence electrons. The van der Waals surface area contributed by atoms with Crippen LogP contribution in [0.3, 0.4) is 0 Å². The molecular formula is C22H21F3N2O2. The van der Waals surface area contributed by atoms with Gasteiger partial charge in [0.25, 0.3) is 5.91 Å². The highest BCUT2D eigenvalue weighted by molar-refractivity contribution is 5.93. The van der Waals surface area contributed by atoms with E-state index in [4.69, 9.17) is 4.42 Å². The molecule has 0 aliphatic carbocycles. The monoisotopic (exact) mass is 402 g/mol. The smallest absolute Gasteiger partial charge is 0.416 e. The third-order valence-corrected chi connectivity index (χ3v) is 4.53. The van der Waals surface area contributed by atoms with E-state index in [0.29, 0.717) is 24.4 Å². The molecule has 0 saturated carbocycles. The summed E-state index contributed by atoms with van der Waals surface area (Å²) in [6.45, 7) is 0.866. The fourth-order valence-corrected chi connectivity index (χ4v) is 3.13. The van der Waals surface area contributed by atoms with Crippen molar-refractivity contribution in [2.24, 2.45) is 0 Å². The molecule has 0 fully saturated rings. The van der Waals surface area contributed by atoms with E-state index in [2.05, 4.69) is 5.32 Å². The van der Waals surface area contributed by atoms with Gasteiger partial charge in [0.2, 0.25) is 0 Å². The van der Waals surface area contributed by atoms with Gasteiger partial charge in [-0.25, -0.2) is 0 Å². The van der Waals surface area contributed by atoms with Crippen molar-refractivity contribution >= 4 is 5.91 Å². The van der Waals surface area contributed by atoms with E-state index in [1.54, 1.807) is 49.5 Å². The summed E-state index contributed by atoms with van der Waals surface area (Å²) in [6.07, 6.45) is -2.88. The molecule has 1 aromatic heterocycles. The van der Waals surface area contributed by atoms with E-state index < -0.39 is 11.7 Å². The van der Waals surface area contributed by atoms with Crippen molar-refractivity contribution in [2.45, 2.75) is 25.8 Å². The minimum atomic E-state index is -4.41. The Morgan fingerprint density at radius 2 is 1.69 bits per heavy atom. The Hall–Kier alpha value is -3.06. The largest absolute Gasteiger partial charge is 0.468 e. The molecule has 0 radical (unpaired) electrons. The molecule has 1 amide bonds. The molecule has 3 rings (SSSR count). The molecule has 0 bridgehead atoms. The molecule has 1 N–H and O–H groups in total. The van der Waals surface area contributed by atoms with Gasteiger partial charge in [0, 0.05) is 25.7 Å². The second kappa shape index (κ2) is 8.96. The predicted molar refractivity (Wildman–Crippen MR) is 103 cm³/mol. The molecule has 0 unspecified atom stereocenters. The molecule has 29 heavy (non-hydrogen) atoms. The van der Waals surface area contributed by atoms with Crippen molar-refractivity contribution in [1.82, 2.24) is 10.2 Å². The number of alkyl halides is 3. The van der Waals surface area contributed by atoms with E-state index in [1.807, 2.05) is 4.90 Å². The first-order valence-corrected chi connectivity index (χ1v) is 9.07. The Morgan fingerprint density at radius 1 is 0.966 bits per heavy atom. The van der Waals surface area contributed by atoms with Crippen LogP contribution in [-0.2, 0) is 25.8 Å². The molecule has 1 heterocycles. The minimum absolute atomic E-state index is 0.105. The number of rotatable bonds is 7. The number of furan rings is 1. The van der Waals surface area contributed by atoms with Gasteiger partial charge in [-0.15, -0.1) is 0 Å². The maximum absolute atomic E-state index is 13.4. The highest BCUT2D eigenvalue weighted by Crippen LogP contribution is 2.32. The zero-order chi connectivity index (χ0) is 20.9. The Morgan fingerprint density at radius 3 is 2.31 bits per heavy atom. The van der Waals surface area contributed by atoms with Crippen molar-refractivity contribution in [1.29, 1.82) is 0 Å². The van der Waals surface area contributed by atoms with Crippen LogP contribution in [0.15, 0.2) is 71.3 Å². The van der Waals surface area contributed by atoms with E-state index in [-0.39, 0.29) is 18.0 Å². The summed E-state index contributed by atoms with van der Waals surface area (Å²) in [5.74, 6) is 0.472. The average Bonchev–Trinajstić information content (AvgIpc) is 3.20. The van der Waals surface area contributed by atoms with Gasteiger partial charge in [0.15, 0.2) is 0 Å². The maximum atomic E-state index is 13.4. The Labute approximate surface area is 166 Å². The van der Waals surface area contributed by atoms with Crippen molar-refractivity contribution in [3.63, 3.8) is 0 Å². The number of benzene rings is 2. The van der Waals surface area contributed by atoms with Gasteiger partial charge >= 0.3 is 6.18 Å². The first-order valence-electron chi connectivity index (χ1n) is 9.07. The zero-order valence-corrected chi connectivity index (χ0v) is 15.9. The van der Waals surface area contributed by atoms with Crippen LogP contribution >= 0.6 is 0 Å². The summed E-state index contributed by atoms with van der Waals surface area (Å²) >= 11 is 0. The molecule has 3 aromatic rings. The molecule has 0 aliphatic rings. The molecule has 4 nitrogen and oxygen atoms in total. The van der Waals surface area contributed by atoms with Crippen molar-refractivity contribution in [3.8, 4) is 0 Å². The molecule has 2 aromatic carbocycles. The van der Waals surface area contributed by atoms with Crippen LogP contribution in [0.4, 0.5) is 13.2 Å². The molecular weight excluding hydrogens is 381 g/mol. The lowest BCUT2D eigenvalue weighted by molar-refractivity contribution is -0.138. The molecule has 0 saturated heterocycles. The number of carbonyl (C=O) groups is 1. The summed E-state index contributed by atoms with van der Waals surface area (Å²) in [5.41, 5.74) is 0.970. The van der Waals surface area contributed by atoms with Crippen LogP contribution in [0.5, 0.6) is 0 Å². The molecule has 0 atom stereocenters. The standard InChI is InChI=1S/C22H21F3N2O2/c1-26-21(28)17-10-8-16(9-11-17)13-27(15-19-6-4-12-29-19)14-18-5-2-3-7-20(18)22(23,24)25/h2-12H,13-15H2,1H3,(H,26,28). The van der Waals surface area contributed by atoms with Crippen LogP contribution in [0.1, 0.15) is 32.8 Å². The van der Waals surface area contributed by atoms with Crippen LogP contribution in [0.2, 0.25) is 0 Å². The van der Waals surface area contributed by atoms with Crippen LogP contribution < -0.4 is 5.32 Å². The quantitative estimate of drug-likeness (QED) is 0.614. The Kier molecular flexibility index (Phi) is 6.39. The van der Waals surface area contributed by atoms with Crippen LogP contribution in [0, 0.1) is 0 Å². The highest BCUT2D eigenvalue weighted by Gasteiger charge is 2.33. The molecule has 0 spiro atoms. The number of nitrogens with one attached hydrogen (secondary N) is 1. The van der Waals surface area contributed by atoms with Gasteiger partial charge in [-0.2, -0.15) is 13.2 Å². The Bertz CT molecular complexity index is 935. The SMILES string of the molecule is CNC(=O)c1ccc(CN(Cc2ccco2)Cc2ccccc2C(F)(F)F)cc1. The van der Waals surface area contributed by atoms with Gasteiger partial charge < -0.3 is 9.73 Å². The maximum Gasteiger partial charge on any atom is 0.416 e. The van der Waals surface area contributed by atoms with Gasteiger partial charge in [0.05, 0.1) is 18.4 Å². The fraction of sp³-hybridized carbons (Fsp3) is 0.227. The fourth-order valence-electron chi connectivity index (χ4n) is 3.13. The summed E-state index contributed by atoms with van der Waals surface area (Å²) in [5, 5.41) is 2.56. The predicted octanol–water partition coefficient (Wildman–Crippen LogP) is 4.86. The van der Waals surface area contributed by atoms with Gasteiger partial charge in [-0.1, -0.05) is 30.3 Å². The zero-order valence-electron chi connectivity index (χ0n) is 15.9. The lowest BCUT2D eigenvalue weighted by Gasteiger charge is -2.23. The summed E-state index contributed by atoms with van der Waals surface area (Å²) in [7, 11) is 1.55. The normalized spacial score (nSPS) is 11.6. The Balaban J connectivity index is 1.83. The van der Waals surface area contributed by atoms with E-state index in [0.717, 1.165) is 11.6 Å². The summed E-state index contributed by atoms with van der Waals surface area (Å²) in [4.78, 5) is 13.6. The van der Waals surface area contributed by atoms with Crippen molar-refractivity contribution in [2.75, 3.05) is 7.05 Å². The van der Waals surface area contributed by atoms with E-state index >= 15 is 0 Å². The molecule has 7 heteroatoms. The number of hydrogen-bond acceptors (Lipinski definition) is 3. The number of halogens is 3.